The van der Waals surface area contributed by atoms with Crippen LogP contribution >= 0.6 is 27.3 Å². The van der Waals surface area contributed by atoms with E-state index in [2.05, 4.69) is 26.6 Å². The third-order valence-electron chi connectivity index (χ3n) is 3.25. The van der Waals surface area contributed by atoms with E-state index in [9.17, 15) is 9.59 Å². The highest BCUT2D eigenvalue weighted by Crippen LogP contribution is 2.29. The van der Waals surface area contributed by atoms with E-state index in [1.165, 1.54) is 18.4 Å². The van der Waals surface area contributed by atoms with Gasteiger partial charge in [0.1, 0.15) is 5.75 Å². The highest BCUT2D eigenvalue weighted by molar-refractivity contribution is 9.10. The van der Waals surface area contributed by atoms with E-state index < -0.39 is 0 Å². The van der Waals surface area contributed by atoms with Gasteiger partial charge >= 0.3 is 0 Å². The molecule has 0 saturated heterocycles. The van der Waals surface area contributed by atoms with Gasteiger partial charge in [0.25, 0.3) is 11.8 Å². The Bertz CT molecular complexity index is 905. The molecule has 3 rings (SSSR count). The van der Waals surface area contributed by atoms with Gasteiger partial charge < -0.3 is 19.8 Å². The first-order valence-electron chi connectivity index (χ1n) is 7.16. The van der Waals surface area contributed by atoms with Crippen LogP contribution in [0.25, 0.3) is 0 Å². The molecule has 0 aliphatic heterocycles. The van der Waals surface area contributed by atoms with Crippen molar-refractivity contribution in [2.24, 2.45) is 0 Å². The number of carbonyl (C=O) groups is 2. The van der Waals surface area contributed by atoms with E-state index >= 15 is 0 Å². The van der Waals surface area contributed by atoms with E-state index in [1.54, 1.807) is 36.4 Å². The maximum absolute atomic E-state index is 12.2. The number of methoxy groups -OCH3 is 1. The zero-order valence-electron chi connectivity index (χ0n) is 13.0. The molecular weight excluding hydrogens is 408 g/mol. The fourth-order valence-electron chi connectivity index (χ4n) is 2.09. The number of furan rings is 1. The van der Waals surface area contributed by atoms with Crippen molar-refractivity contribution in [3.63, 3.8) is 0 Å². The zero-order chi connectivity index (χ0) is 17.8. The average molecular weight is 421 g/mol. The van der Waals surface area contributed by atoms with Gasteiger partial charge in [0.15, 0.2) is 10.4 Å². The average Bonchev–Trinajstić information content (AvgIpc) is 3.27. The monoisotopic (exact) mass is 420 g/mol. The first-order chi connectivity index (χ1) is 12.1. The van der Waals surface area contributed by atoms with Crippen LogP contribution in [0.4, 0.5) is 11.4 Å². The molecule has 0 atom stereocenters. The normalized spacial score (nSPS) is 10.3. The van der Waals surface area contributed by atoms with Crippen molar-refractivity contribution >= 4 is 50.5 Å². The minimum Gasteiger partial charge on any atom is -0.494 e. The smallest absolute Gasteiger partial charge is 0.291 e. The van der Waals surface area contributed by atoms with E-state index in [-0.39, 0.29) is 17.6 Å². The summed E-state index contributed by atoms with van der Waals surface area (Å²) in [7, 11) is 1.49. The van der Waals surface area contributed by atoms with Crippen molar-refractivity contribution < 1.29 is 18.7 Å². The molecule has 128 valence electrons. The van der Waals surface area contributed by atoms with Crippen molar-refractivity contribution in [1.82, 2.24) is 0 Å². The minimum absolute atomic E-state index is 0.181. The number of anilines is 2. The molecule has 2 aromatic heterocycles. The van der Waals surface area contributed by atoms with Crippen molar-refractivity contribution in [3.8, 4) is 5.75 Å². The van der Waals surface area contributed by atoms with Crippen LogP contribution in [-0.4, -0.2) is 18.9 Å². The lowest BCUT2D eigenvalue weighted by atomic mass is 10.2. The Morgan fingerprint density at radius 1 is 1.12 bits per heavy atom. The number of hydrogen-bond donors (Lipinski definition) is 2. The second kappa shape index (κ2) is 7.54. The van der Waals surface area contributed by atoms with Crippen LogP contribution in [0.15, 0.2) is 56.9 Å². The molecule has 2 amide bonds. The molecule has 2 heterocycles. The van der Waals surface area contributed by atoms with Crippen molar-refractivity contribution in [1.29, 1.82) is 0 Å². The zero-order valence-corrected chi connectivity index (χ0v) is 15.4. The maximum atomic E-state index is 12.2. The molecular formula is C17H13BrN2O4S. The van der Waals surface area contributed by atoms with Gasteiger partial charge in [-0.2, -0.15) is 0 Å². The molecule has 0 spiro atoms. The summed E-state index contributed by atoms with van der Waals surface area (Å²) in [6, 6.07) is 11.7. The molecule has 0 bridgehead atoms. The first kappa shape index (κ1) is 17.2. The predicted octanol–water partition coefficient (Wildman–Crippen LogP) is 4.62. The Kier molecular flexibility index (Phi) is 5.20. The minimum atomic E-state index is -0.386. The standard InChI is InChI=1S/C17H13BrN2O4S/c1-23-13-9-10(19-16(21)12-6-7-15(18)24-12)4-5-11(13)20-17(22)14-3-2-8-25-14/h2-9H,1H3,(H,19,21)(H,20,22). The molecule has 6 nitrogen and oxygen atoms in total. The van der Waals surface area contributed by atoms with Crippen LogP contribution in [0.2, 0.25) is 0 Å². The molecule has 0 aliphatic carbocycles. The lowest BCUT2D eigenvalue weighted by molar-refractivity contribution is 0.0993. The number of carbonyl (C=O) groups excluding carboxylic acids is 2. The molecule has 2 N–H and O–H groups in total. The summed E-state index contributed by atoms with van der Waals surface area (Å²) < 4.78 is 11.0. The first-order valence-corrected chi connectivity index (χ1v) is 8.83. The number of halogens is 1. The molecule has 0 aliphatic rings. The Morgan fingerprint density at radius 2 is 1.96 bits per heavy atom. The van der Waals surface area contributed by atoms with Crippen LogP contribution in [-0.2, 0) is 0 Å². The quantitative estimate of drug-likeness (QED) is 0.630. The van der Waals surface area contributed by atoms with Crippen molar-refractivity contribution in [2.45, 2.75) is 0 Å². The molecule has 25 heavy (non-hydrogen) atoms. The SMILES string of the molecule is COc1cc(NC(=O)c2ccc(Br)o2)ccc1NC(=O)c1cccs1. The summed E-state index contributed by atoms with van der Waals surface area (Å²) in [5.41, 5.74) is 1.03. The molecule has 0 unspecified atom stereocenters. The number of benzene rings is 1. The number of nitrogens with one attached hydrogen (secondary N) is 2. The molecule has 8 heteroatoms. The topological polar surface area (TPSA) is 80.6 Å². The van der Waals surface area contributed by atoms with Gasteiger partial charge in [-0.05, 0) is 51.6 Å². The van der Waals surface area contributed by atoms with Crippen molar-refractivity contribution in [2.75, 3.05) is 17.7 Å². The van der Waals surface area contributed by atoms with Crippen LogP contribution in [0.5, 0.6) is 5.75 Å². The second-order valence-corrected chi connectivity index (χ2v) is 6.63. The predicted molar refractivity (Wildman–Crippen MR) is 99.6 cm³/mol. The number of amides is 2. The highest BCUT2D eigenvalue weighted by Gasteiger charge is 2.14. The number of ether oxygens (including phenoxy) is 1. The molecule has 0 radical (unpaired) electrons. The summed E-state index contributed by atoms with van der Waals surface area (Å²) >= 11 is 4.50. The number of rotatable bonds is 5. The van der Waals surface area contributed by atoms with Crippen molar-refractivity contribution in [3.05, 3.63) is 63.2 Å². The van der Waals surface area contributed by atoms with Gasteiger partial charge in [-0.1, -0.05) is 6.07 Å². The van der Waals surface area contributed by atoms with Gasteiger partial charge in [-0.15, -0.1) is 11.3 Å². The lowest BCUT2D eigenvalue weighted by Crippen LogP contribution is -2.13. The summed E-state index contributed by atoms with van der Waals surface area (Å²) in [4.78, 5) is 24.9. The summed E-state index contributed by atoms with van der Waals surface area (Å²) in [6.07, 6.45) is 0. The Hall–Kier alpha value is -2.58. The lowest BCUT2D eigenvalue weighted by Gasteiger charge is -2.12. The Balaban J connectivity index is 1.75. The maximum Gasteiger partial charge on any atom is 0.291 e. The van der Waals surface area contributed by atoms with Crippen LogP contribution < -0.4 is 15.4 Å². The Morgan fingerprint density at radius 3 is 2.60 bits per heavy atom. The van der Waals surface area contributed by atoms with E-state index in [4.69, 9.17) is 9.15 Å². The van der Waals surface area contributed by atoms with Crippen LogP contribution in [0.1, 0.15) is 20.2 Å². The fourth-order valence-corrected chi connectivity index (χ4v) is 3.02. The van der Waals surface area contributed by atoms with Crippen LogP contribution in [0.3, 0.4) is 0 Å². The van der Waals surface area contributed by atoms with Crippen LogP contribution in [0, 0.1) is 0 Å². The van der Waals surface area contributed by atoms with Gasteiger partial charge in [-0.25, -0.2) is 0 Å². The highest BCUT2D eigenvalue weighted by atomic mass is 79.9. The van der Waals surface area contributed by atoms with Gasteiger partial charge in [0, 0.05) is 11.8 Å². The Labute approximate surface area is 155 Å². The summed E-state index contributed by atoms with van der Waals surface area (Å²) in [6.45, 7) is 0. The van der Waals surface area contributed by atoms with E-state index in [1.807, 2.05) is 11.4 Å². The van der Waals surface area contributed by atoms with Gasteiger partial charge in [-0.3, -0.25) is 9.59 Å². The van der Waals surface area contributed by atoms with E-state index in [0.29, 0.717) is 26.7 Å². The van der Waals surface area contributed by atoms with Gasteiger partial charge in [0.05, 0.1) is 17.7 Å². The largest absolute Gasteiger partial charge is 0.494 e. The summed E-state index contributed by atoms with van der Waals surface area (Å²) in [5.74, 6) is 0.0119. The summed E-state index contributed by atoms with van der Waals surface area (Å²) in [5, 5.41) is 7.33. The third kappa shape index (κ3) is 4.09. The second-order valence-electron chi connectivity index (χ2n) is 4.90. The molecule has 1 aromatic carbocycles. The van der Waals surface area contributed by atoms with E-state index in [0.717, 1.165) is 0 Å². The van der Waals surface area contributed by atoms with Gasteiger partial charge in [0.2, 0.25) is 0 Å². The molecule has 3 aromatic rings. The number of thiophene rings is 1. The molecule has 0 saturated carbocycles. The third-order valence-corrected chi connectivity index (χ3v) is 4.54. The molecule has 0 fully saturated rings. The fraction of sp³-hybridized carbons (Fsp3) is 0.0588. The number of hydrogen-bond acceptors (Lipinski definition) is 5.